The highest BCUT2D eigenvalue weighted by Crippen LogP contribution is 2.41. The third-order valence-electron chi connectivity index (χ3n) is 6.18. The lowest BCUT2D eigenvalue weighted by Crippen LogP contribution is -2.29. The predicted molar refractivity (Wildman–Crippen MR) is 135 cm³/mol. The Morgan fingerprint density at radius 3 is 2.57 bits per heavy atom. The minimum Gasteiger partial charge on any atom is -0.507 e. The number of hydrogen-bond acceptors (Lipinski definition) is 5. The Bertz CT molecular complexity index is 1280. The monoisotopic (exact) mass is 470 g/mol. The van der Waals surface area contributed by atoms with E-state index in [4.69, 9.17) is 4.74 Å². The van der Waals surface area contributed by atoms with E-state index in [0.29, 0.717) is 12.2 Å². The molecule has 3 aromatic rings. The van der Waals surface area contributed by atoms with Crippen molar-refractivity contribution in [3.05, 3.63) is 100 Å². The van der Waals surface area contributed by atoms with Crippen molar-refractivity contribution in [1.82, 2.24) is 9.88 Å². The first kappa shape index (κ1) is 24.2. The summed E-state index contributed by atoms with van der Waals surface area (Å²) in [4.78, 5) is 32.2. The molecule has 0 radical (unpaired) electrons. The van der Waals surface area contributed by atoms with Gasteiger partial charge in [-0.2, -0.15) is 0 Å². The van der Waals surface area contributed by atoms with Crippen LogP contribution in [0.2, 0.25) is 0 Å². The first-order valence-electron chi connectivity index (χ1n) is 11.8. The van der Waals surface area contributed by atoms with Crippen LogP contribution < -0.4 is 4.74 Å². The molecule has 1 unspecified atom stereocenters. The Morgan fingerprint density at radius 2 is 1.91 bits per heavy atom. The molecule has 1 saturated heterocycles. The van der Waals surface area contributed by atoms with Crippen molar-refractivity contribution < 1.29 is 19.4 Å². The van der Waals surface area contributed by atoms with Crippen LogP contribution in [-0.4, -0.2) is 33.3 Å². The second-order valence-corrected chi connectivity index (χ2v) is 9.04. The number of benzene rings is 2. The summed E-state index contributed by atoms with van der Waals surface area (Å²) < 4.78 is 5.75. The molecule has 1 atom stereocenters. The number of pyridine rings is 1. The van der Waals surface area contributed by atoms with E-state index in [0.717, 1.165) is 28.0 Å². The average Bonchev–Trinajstić information content (AvgIpc) is 3.09. The highest BCUT2D eigenvalue weighted by atomic mass is 16.5. The molecule has 0 bridgehead atoms. The third-order valence-corrected chi connectivity index (χ3v) is 6.18. The number of aryl methyl sites for hydroxylation is 1. The molecule has 6 heteroatoms. The van der Waals surface area contributed by atoms with Crippen LogP contribution in [-0.2, 0) is 16.1 Å². The summed E-state index contributed by atoms with van der Waals surface area (Å²) in [7, 11) is 0. The van der Waals surface area contributed by atoms with Crippen molar-refractivity contribution in [2.75, 3.05) is 6.61 Å². The van der Waals surface area contributed by atoms with Crippen molar-refractivity contribution in [1.29, 1.82) is 0 Å². The van der Waals surface area contributed by atoms with Gasteiger partial charge < -0.3 is 14.7 Å². The zero-order valence-corrected chi connectivity index (χ0v) is 20.5. The van der Waals surface area contributed by atoms with Gasteiger partial charge in [0, 0.05) is 24.5 Å². The Hall–Kier alpha value is -3.93. The van der Waals surface area contributed by atoms with E-state index in [2.05, 4.69) is 4.98 Å². The van der Waals surface area contributed by atoms with Crippen molar-refractivity contribution in [2.24, 2.45) is 0 Å². The number of ether oxygens (including phenoxy) is 1. The number of nitrogens with zero attached hydrogens (tertiary/aromatic N) is 2. The van der Waals surface area contributed by atoms with Crippen LogP contribution in [0, 0.1) is 6.92 Å². The zero-order chi connectivity index (χ0) is 25.1. The molecule has 1 fully saturated rings. The number of carbonyl (C=O) groups excluding carboxylic acids is 2. The number of carbonyl (C=O) groups is 2. The highest BCUT2D eigenvalue weighted by Gasteiger charge is 2.46. The van der Waals surface area contributed by atoms with E-state index in [1.165, 1.54) is 4.90 Å². The van der Waals surface area contributed by atoms with Crippen LogP contribution in [0.3, 0.4) is 0 Å². The van der Waals surface area contributed by atoms with E-state index in [1.54, 1.807) is 30.6 Å². The lowest BCUT2D eigenvalue weighted by Gasteiger charge is -2.25. The Morgan fingerprint density at radius 1 is 1.11 bits per heavy atom. The summed E-state index contributed by atoms with van der Waals surface area (Å²) in [6.45, 7) is 8.69. The Kier molecular flexibility index (Phi) is 7.01. The fourth-order valence-corrected chi connectivity index (χ4v) is 4.51. The van der Waals surface area contributed by atoms with Gasteiger partial charge in [0.1, 0.15) is 11.5 Å². The number of Topliss-reactive ketones (excluding diaryl/α,β-unsaturated/α-hetero) is 1. The fraction of sp³-hybridized carbons (Fsp3) is 0.276. The van der Waals surface area contributed by atoms with Gasteiger partial charge >= 0.3 is 0 Å². The Balaban J connectivity index is 1.87. The molecule has 0 spiro atoms. The fourth-order valence-electron chi connectivity index (χ4n) is 4.51. The maximum absolute atomic E-state index is 13.3. The summed E-state index contributed by atoms with van der Waals surface area (Å²) in [6.07, 6.45) is 3.34. The number of aliphatic hydroxyl groups excluding tert-OH is 1. The van der Waals surface area contributed by atoms with Crippen LogP contribution in [0.5, 0.6) is 5.75 Å². The smallest absolute Gasteiger partial charge is 0.295 e. The molecule has 0 saturated carbocycles. The summed E-state index contributed by atoms with van der Waals surface area (Å²) in [5.41, 5.74) is 4.06. The standard InChI is InChI=1S/C29H30N2O4/c1-5-35-24-12-11-22(15-23(24)18(2)3)27(32)25-26(21-10-6-8-19(4)14-21)31(29(34)28(25)33)17-20-9-7-13-30-16-20/h6-16,18,26,32H,5,17H2,1-4H3/b27-25-. The van der Waals surface area contributed by atoms with Crippen molar-refractivity contribution >= 4 is 17.4 Å². The summed E-state index contributed by atoms with van der Waals surface area (Å²) in [5.74, 6) is -0.639. The van der Waals surface area contributed by atoms with Crippen LogP contribution in [0.1, 0.15) is 60.5 Å². The topological polar surface area (TPSA) is 79.7 Å². The summed E-state index contributed by atoms with van der Waals surface area (Å²) >= 11 is 0. The van der Waals surface area contributed by atoms with Gasteiger partial charge in [0.2, 0.25) is 0 Å². The van der Waals surface area contributed by atoms with Crippen LogP contribution in [0.4, 0.5) is 0 Å². The van der Waals surface area contributed by atoms with E-state index in [-0.39, 0.29) is 23.8 Å². The molecular formula is C29H30N2O4. The molecule has 1 aromatic heterocycles. The lowest BCUT2D eigenvalue weighted by molar-refractivity contribution is -0.140. The van der Waals surface area contributed by atoms with Gasteiger partial charge in [-0.1, -0.05) is 49.7 Å². The lowest BCUT2D eigenvalue weighted by atomic mass is 9.92. The number of hydrogen-bond donors (Lipinski definition) is 1. The minimum atomic E-state index is -0.718. The van der Waals surface area contributed by atoms with Gasteiger partial charge in [0.25, 0.3) is 11.7 Å². The molecule has 2 heterocycles. The molecule has 1 aliphatic heterocycles. The molecule has 2 aromatic carbocycles. The van der Waals surface area contributed by atoms with Crippen molar-refractivity contribution in [3.63, 3.8) is 0 Å². The van der Waals surface area contributed by atoms with E-state index in [9.17, 15) is 14.7 Å². The SMILES string of the molecule is CCOc1ccc(/C(O)=C2/C(=O)C(=O)N(Cc3cccnc3)C2c2cccc(C)c2)cc1C(C)C. The third kappa shape index (κ3) is 4.83. The summed E-state index contributed by atoms with van der Waals surface area (Å²) in [6, 6.07) is 16.0. The average molecular weight is 471 g/mol. The minimum absolute atomic E-state index is 0.0864. The second kappa shape index (κ2) is 10.1. The highest BCUT2D eigenvalue weighted by molar-refractivity contribution is 6.46. The number of aromatic nitrogens is 1. The van der Waals surface area contributed by atoms with E-state index >= 15 is 0 Å². The molecule has 180 valence electrons. The van der Waals surface area contributed by atoms with Gasteiger partial charge in [-0.3, -0.25) is 14.6 Å². The molecule has 1 amide bonds. The van der Waals surface area contributed by atoms with E-state index in [1.807, 2.05) is 64.1 Å². The maximum Gasteiger partial charge on any atom is 0.295 e. The molecular weight excluding hydrogens is 440 g/mol. The van der Waals surface area contributed by atoms with Crippen LogP contribution >= 0.6 is 0 Å². The molecule has 1 N–H and O–H groups in total. The number of likely N-dealkylation sites (tertiary alicyclic amines) is 1. The molecule has 6 nitrogen and oxygen atoms in total. The zero-order valence-electron chi connectivity index (χ0n) is 20.5. The maximum atomic E-state index is 13.3. The number of aliphatic hydroxyl groups is 1. The normalized spacial score (nSPS) is 17.3. The largest absolute Gasteiger partial charge is 0.507 e. The van der Waals surface area contributed by atoms with Crippen LogP contribution in [0.25, 0.3) is 5.76 Å². The van der Waals surface area contributed by atoms with E-state index < -0.39 is 17.7 Å². The molecule has 1 aliphatic rings. The first-order chi connectivity index (χ1) is 16.8. The Labute approximate surface area is 205 Å². The summed E-state index contributed by atoms with van der Waals surface area (Å²) in [5, 5.41) is 11.4. The van der Waals surface area contributed by atoms with Crippen molar-refractivity contribution in [3.8, 4) is 5.75 Å². The van der Waals surface area contributed by atoms with Gasteiger partial charge in [0.05, 0.1) is 18.2 Å². The molecule has 35 heavy (non-hydrogen) atoms. The van der Waals surface area contributed by atoms with Crippen LogP contribution in [0.15, 0.2) is 72.6 Å². The van der Waals surface area contributed by atoms with Gasteiger partial charge in [-0.05, 0) is 60.7 Å². The number of amides is 1. The van der Waals surface area contributed by atoms with Crippen molar-refractivity contribution in [2.45, 2.75) is 46.2 Å². The van der Waals surface area contributed by atoms with Gasteiger partial charge in [-0.25, -0.2) is 0 Å². The first-order valence-corrected chi connectivity index (χ1v) is 11.8. The van der Waals surface area contributed by atoms with Gasteiger partial charge in [-0.15, -0.1) is 0 Å². The predicted octanol–water partition coefficient (Wildman–Crippen LogP) is 5.53. The van der Waals surface area contributed by atoms with Gasteiger partial charge in [0.15, 0.2) is 0 Å². The molecule has 0 aliphatic carbocycles. The number of rotatable bonds is 7. The quantitative estimate of drug-likeness (QED) is 0.279. The second-order valence-electron chi connectivity index (χ2n) is 9.04. The number of ketones is 1. The molecule has 4 rings (SSSR count).